The molecule has 1 aliphatic rings. The van der Waals surface area contributed by atoms with Crippen molar-refractivity contribution < 1.29 is 23.0 Å². The Labute approximate surface area is 169 Å². The van der Waals surface area contributed by atoms with Crippen molar-refractivity contribution in [2.24, 2.45) is 5.92 Å². The molecule has 0 amide bonds. The molecule has 3 rings (SSSR count). The van der Waals surface area contributed by atoms with E-state index in [1.54, 1.807) is 25.1 Å². The molecule has 2 aromatic carbocycles. The normalized spacial score (nSPS) is 19.1. The Hall–Kier alpha value is -2.95. The van der Waals surface area contributed by atoms with Crippen LogP contribution in [0.2, 0.25) is 0 Å². The van der Waals surface area contributed by atoms with Crippen molar-refractivity contribution in [3.05, 3.63) is 84.2 Å². The van der Waals surface area contributed by atoms with E-state index >= 15 is 0 Å². The highest BCUT2D eigenvalue weighted by Gasteiger charge is 2.22. The minimum Gasteiger partial charge on any atom is -0.462 e. The van der Waals surface area contributed by atoms with Crippen LogP contribution in [0.3, 0.4) is 0 Å². The first-order chi connectivity index (χ1) is 14.0. The van der Waals surface area contributed by atoms with Crippen molar-refractivity contribution in [3.63, 3.8) is 0 Å². The van der Waals surface area contributed by atoms with Gasteiger partial charge in [0.05, 0.1) is 11.8 Å². The summed E-state index contributed by atoms with van der Waals surface area (Å²) < 4.78 is 38.2. The van der Waals surface area contributed by atoms with Crippen molar-refractivity contribution in [3.8, 4) is 11.5 Å². The molecule has 2 aromatic rings. The number of benzene rings is 2. The molecule has 1 saturated carbocycles. The molecule has 0 bridgehead atoms. The first kappa shape index (κ1) is 20.8. The lowest BCUT2D eigenvalue weighted by molar-refractivity contribution is 0.0726. The van der Waals surface area contributed by atoms with Gasteiger partial charge in [0.1, 0.15) is 0 Å². The SMILES string of the molecule is C=CC1CCC(c2ccc(C(=O)Oc3ccc(O/C=C/C)c(F)c3F)cc2)CC1. The standard InChI is InChI=1S/C24H24F2O3/c1-3-15-28-20-13-14-21(23(26)22(20)25)29-24(27)19-11-9-18(10-12-19)17-7-5-16(4-2)6-8-17/h3-4,9-17H,2,5-8H2,1H3/b15-3+. The molecule has 0 saturated heterocycles. The predicted molar refractivity (Wildman–Crippen MR) is 108 cm³/mol. The maximum atomic E-state index is 14.2. The lowest BCUT2D eigenvalue weighted by Crippen LogP contribution is -2.13. The maximum absolute atomic E-state index is 14.2. The van der Waals surface area contributed by atoms with Crippen molar-refractivity contribution in [1.29, 1.82) is 0 Å². The third kappa shape index (κ3) is 4.91. The highest BCUT2D eigenvalue weighted by atomic mass is 19.2. The van der Waals surface area contributed by atoms with E-state index in [1.165, 1.54) is 24.0 Å². The Bertz CT molecular complexity index is 895. The minimum atomic E-state index is -1.27. The molecule has 0 spiro atoms. The monoisotopic (exact) mass is 398 g/mol. The second-order valence-corrected chi connectivity index (χ2v) is 7.14. The maximum Gasteiger partial charge on any atom is 0.343 e. The van der Waals surface area contributed by atoms with Crippen LogP contribution in [0, 0.1) is 17.6 Å². The van der Waals surface area contributed by atoms with Gasteiger partial charge in [0.25, 0.3) is 0 Å². The molecule has 152 valence electrons. The summed E-state index contributed by atoms with van der Waals surface area (Å²) in [5.41, 5.74) is 1.45. The Morgan fingerprint density at radius 1 is 1.00 bits per heavy atom. The molecule has 0 atom stereocenters. The number of esters is 1. The lowest BCUT2D eigenvalue weighted by atomic mass is 9.79. The van der Waals surface area contributed by atoms with E-state index in [4.69, 9.17) is 9.47 Å². The van der Waals surface area contributed by atoms with E-state index in [0.717, 1.165) is 25.7 Å². The number of hydrogen-bond acceptors (Lipinski definition) is 3. The van der Waals surface area contributed by atoms with Crippen molar-refractivity contribution in [1.82, 2.24) is 0 Å². The number of ether oxygens (including phenoxy) is 2. The molecule has 5 heteroatoms. The van der Waals surface area contributed by atoms with Gasteiger partial charge in [0.2, 0.25) is 11.6 Å². The summed E-state index contributed by atoms with van der Waals surface area (Å²) in [5.74, 6) is -2.93. The van der Waals surface area contributed by atoms with Gasteiger partial charge in [-0.1, -0.05) is 24.3 Å². The zero-order chi connectivity index (χ0) is 20.8. The molecule has 29 heavy (non-hydrogen) atoms. The van der Waals surface area contributed by atoms with Crippen LogP contribution in [0.5, 0.6) is 11.5 Å². The van der Waals surface area contributed by atoms with Crippen molar-refractivity contribution >= 4 is 5.97 Å². The van der Waals surface area contributed by atoms with Crippen LogP contribution >= 0.6 is 0 Å². The molecule has 0 aliphatic heterocycles. The summed E-state index contributed by atoms with van der Waals surface area (Å²) >= 11 is 0. The van der Waals surface area contributed by atoms with E-state index in [1.807, 2.05) is 18.2 Å². The largest absolute Gasteiger partial charge is 0.462 e. The Morgan fingerprint density at radius 2 is 1.62 bits per heavy atom. The van der Waals surface area contributed by atoms with Crippen LogP contribution in [0.15, 0.2) is 61.4 Å². The highest BCUT2D eigenvalue weighted by Crippen LogP contribution is 2.36. The van der Waals surface area contributed by atoms with Crippen molar-refractivity contribution in [2.75, 3.05) is 0 Å². The van der Waals surface area contributed by atoms with Gasteiger partial charge >= 0.3 is 5.97 Å². The van der Waals surface area contributed by atoms with Crippen LogP contribution in [0.4, 0.5) is 8.78 Å². The summed E-state index contributed by atoms with van der Waals surface area (Å²) in [6.45, 7) is 5.55. The number of hydrogen-bond donors (Lipinski definition) is 0. The smallest absolute Gasteiger partial charge is 0.343 e. The van der Waals surface area contributed by atoms with Gasteiger partial charge in [-0.25, -0.2) is 4.79 Å². The van der Waals surface area contributed by atoms with E-state index in [0.29, 0.717) is 11.8 Å². The number of rotatable bonds is 6. The molecular formula is C24H24F2O3. The fourth-order valence-corrected chi connectivity index (χ4v) is 3.56. The molecule has 0 aromatic heterocycles. The second-order valence-electron chi connectivity index (χ2n) is 7.14. The van der Waals surface area contributed by atoms with Gasteiger partial charge in [-0.15, -0.1) is 6.58 Å². The molecule has 0 unspecified atom stereocenters. The van der Waals surface area contributed by atoms with E-state index in [2.05, 4.69) is 6.58 Å². The number of halogens is 2. The minimum absolute atomic E-state index is 0.280. The van der Waals surface area contributed by atoms with Gasteiger partial charge in [-0.05, 0) is 74.3 Å². The summed E-state index contributed by atoms with van der Waals surface area (Å²) in [5, 5.41) is 0. The molecule has 3 nitrogen and oxygen atoms in total. The van der Waals surface area contributed by atoms with Gasteiger partial charge < -0.3 is 9.47 Å². The van der Waals surface area contributed by atoms with E-state index in [9.17, 15) is 13.6 Å². The predicted octanol–water partition coefficient (Wildman–Crippen LogP) is 6.56. The number of carbonyl (C=O) groups excluding carboxylic acids is 1. The zero-order valence-electron chi connectivity index (χ0n) is 16.4. The third-order valence-corrected chi connectivity index (χ3v) is 5.27. The van der Waals surface area contributed by atoms with E-state index < -0.39 is 23.4 Å². The Balaban J connectivity index is 1.67. The van der Waals surface area contributed by atoms with Gasteiger partial charge in [0, 0.05) is 0 Å². The zero-order valence-corrected chi connectivity index (χ0v) is 16.4. The molecular weight excluding hydrogens is 374 g/mol. The van der Waals surface area contributed by atoms with Crippen molar-refractivity contribution in [2.45, 2.75) is 38.5 Å². The van der Waals surface area contributed by atoms with Gasteiger partial charge in [-0.2, -0.15) is 8.78 Å². The first-order valence-corrected chi connectivity index (χ1v) is 9.74. The number of allylic oxidation sites excluding steroid dienone is 2. The first-order valence-electron chi connectivity index (χ1n) is 9.74. The topological polar surface area (TPSA) is 35.5 Å². The average Bonchev–Trinajstić information content (AvgIpc) is 2.76. The quantitative estimate of drug-likeness (QED) is 0.239. The van der Waals surface area contributed by atoms with Gasteiger partial charge in [0.15, 0.2) is 11.5 Å². The fourth-order valence-electron chi connectivity index (χ4n) is 3.56. The summed E-state index contributed by atoms with van der Waals surface area (Å²) in [6, 6.07) is 9.51. The average molecular weight is 398 g/mol. The van der Waals surface area contributed by atoms with Crippen LogP contribution in [0.25, 0.3) is 0 Å². The fraction of sp³-hybridized carbons (Fsp3) is 0.292. The van der Waals surface area contributed by atoms with Crippen LogP contribution in [0.1, 0.15) is 54.4 Å². The summed E-state index contributed by atoms with van der Waals surface area (Å²) in [6.07, 6.45) is 9.22. The lowest BCUT2D eigenvalue weighted by Gasteiger charge is -2.26. The van der Waals surface area contributed by atoms with Crippen LogP contribution in [-0.4, -0.2) is 5.97 Å². The van der Waals surface area contributed by atoms with E-state index in [-0.39, 0.29) is 11.3 Å². The Kier molecular flexibility index (Phi) is 6.81. The summed E-state index contributed by atoms with van der Waals surface area (Å²) in [7, 11) is 0. The molecule has 1 fully saturated rings. The van der Waals surface area contributed by atoms with Crippen LogP contribution in [-0.2, 0) is 0 Å². The second kappa shape index (κ2) is 9.50. The number of carbonyl (C=O) groups is 1. The highest BCUT2D eigenvalue weighted by molar-refractivity contribution is 5.91. The molecule has 0 radical (unpaired) electrons. The summed E-state index contributed by atoms with van der Waals surface area (Å²) in [4.78, 5) is 12.3. The molecule has 0 N–H and O–H groups in total. The molecule has 0 heterocycles. The van der Waals surface area contributed by atoms with Gasteiger partial charge in [-0.3, -0.25) is 0 Å². The molecule has 1 aliphatic carbocycles. The third-order valence-electron chi connectivity index (χ3n) is 5.27. The van der Waals surface area contributed by atoms with Crippen LogP contribution < -0.4 is 9.47 Å². The Morgan fingerprint density at radius 3 is 2.24 bits per heavy atom.